The van der Waals surface area contributed by atoms with Gasteiger partial charge in [0, 0.05) is 0 Å². The number of hydrogen-bond acceptors (Lipinski definition) is 4. The molecule has 0 saturated heterocycles. The highest BCUT2D eigenvalue weighted by atomic mass is 32.2. The van der Waals surface area contributed by atoms with Crippen LogP contribution in [0.3, 0.4) is 0 Å². The number of ether oxygens (including phenoxy) is 1. The number of esters is 1. The van der Waals surface area contributed by atoms with E-state index in [1.165, 1.54) is 0 Å². The van der Waals surface area contributed by atoms with Crippen molar-refractivity contribution in [1.29, 1.82) is 0 Å². The Labute approximate surface area is 184 Å². The topological polar surface area (TPSA) is 60.4 Å². The molecule has 0 aliphatic rings. The van der Waals surface area contributed by atoms with E-state index < -0.39 is 26.2 Å². The van der Waals surface area contributed by atoms with Crippen LogP contribution < -0.4 is 0 Å². The molecule has 0 unspecified atom stereocenters. The van der Waals surface area contributed by atoms with Gasteiger partial charge in [-0.1, -0.05) is 91.0 Å². The number of hydrogen-bond donors (Lipinski definition) is 0. The van der Waals surface area contributed by atoms with Gasteiger partial charge in [-0.05, 0) is 37.5 Å². The second-order valence-electron chi connectivity index (χ2n) is 8.43. The van der Waals surface area contributed by atoms with Crippen LogP contribution in [0, 0.1) is 0 Å². The van der Waals surface area contributed by atoms with E-state index in [1.54, 1.807) is 20.8 Å². The SMILES string of the molecule is CC(C)(C)OC(=O)CCS(=O)(=O)C(c1ccccc1)(c1ccccc1)c1ccccc1. The average Bonchev–Trinajstić information content (AvgIpc) is 2.74. The largest absolute Gasteiger partial charge is 0.460 e. The molecule has 3 rings (SSSR count). The second kappa shape index (κ2) is 9.06. The molecule has 3 aromatic carbocycles. The number of carbonyl (C=O) groups is 1. The molecule has 0 aliphatic carbocycles. The van der Waals surface area contributed by atoms with Gasteiger partial charge in [0.15, 0.2) is 9.84 Å². The molecule has 0 saturated carbocycles. The van der Waals surface area contributed by atoms with Gasteiger partial charge in [0.25, 0.3) is 0 Å². The predicted octanol–water partition coefficient (Wildman–Crippen LogP) is 5.13. The van der Waals surface area contributed by atoms with E-state index in [0.717, 1.165) is 0 Å². The highest BCUT2D eigenvalue weighted by Crippen LogP contribution is 2.44. The smallest absolute Gasteiger partial charge is 0.307 e. The normalized spacial score (nSPS) is 12.4. The minimum atomic E-state index is -3.89. The molecule has 5 heteroatoms. The fourth-order valence-corrected chi connectivity index (χ4v) is 6.05. The van der Waals surface area contributed by atoms with Crippen LogP contribution in [0.25, 0.3) is 0 Å². The first-order valence-electron chi connectivity index (χ1n) is 10.3. The maximum Gasteiger partial charge on any atom is 0.307 e. The van der Waals surface area contributed by atoms with E-state index in [1.807, 2.05) is 91.0 Å². The molecule has 31 heavy (non-hydrogen) atoms. The van der Waals surface area contributed by atoms with E-state index >= 15 is 0 Å². The van der Waals surface area contributed by atoms with Crippen LogP contribution in [0.1, 0.15) is 43.9 Å². The summed E-state index contributed by atoms with van der Waals surface area (Å²) in [5.74, 6) is -0.861. The lowest BCUT2D eigenvalue weighted by Gasteiger charge is -2.35. The standard InChI is InChI=1S/C26H28O4S/c1-25(2,3)30-24(27)19-20-31(28,29)26(21-13-7-4-8-14-21,22-15-9-5-10-16-22)23-17-11-6-12-18-23/h4-18H,19-20H2,1-3H3. The molecule has 0 spiro atoms. The molecule has 162 valence electrons. The van der Waals surface area contributed by atoms with E-state index in [4.69, 9.17) is 4.74 Å². The van der Waals surface area contributed by atoms with Crippen LogP contribution in [-0.4, -0.2) is 25.7 Å². The minimum absolute atomic E-state index is 0.214. The predicted molar refractivity (Wildman–Crippen MR) is 123 cm³/mol. The summed E-state index contributed by atoms with van der Waals surface area (Å²) in [6.45, 7) is 5.30. The minimum Gasteiger partial charge on any atom is -0.460 e. The maximum absolute atomic E-state index is 14.1. The molecule has 0 heterocycles. The molecule has 0 bridgehead atoms. The Balaban J connectivity index is 2.19. The summed E-state index contributed by atoms with van der Waals surface area (Å²) < 4.78 is 32.1. The van der Waals surface area contributed by atoms with Crippen molar-refractivity contribution in [2.75, 3.05) is 5.75 Å². The van der Waals surface area contributed by atoms with E-state index in [0.29, 0.717) is 16.7 Å². The van der Waals surface area contributed by atoms with Gasteiger partial charge in [-0.2, -0.15) is 0 Å². The molecule has 0 atom stereocenters. The molecule has 4 nitrogen and oxygen atoms in total. The van der Waals surface area contributed by atoms with Gasteiger partial charge < -0.3 is 4.74 Å². The quantitative estimate of drug-likeness (QED) is 0.381. The van der Waals surface area contributed by atoms with E-state index in [-0.39, 0.29) is 12.2 Å². The summed E-state index contributed by atoms with van der Waals surface area (Å²) in [6, 6.07) is 27.5. The van der Waals surface area contributed by atoms with Gasteiger partial charge in [-0.15, -0.1) is 0 Å². The number of sulfone groups is 1. The van der Waals surface area contributed by atoms with Crippen LogP contribution in [0.5, 0.6) is 0 Å². The molecule has 0 fully saturated rings. The molecule has 0 amide bonds. The summed E-state index contributed by atoms with van der Waals surface area (Å²) in [5.41, 5.74) is 1.24. The lowest BCUT2D eigenvalue weighted by atomic mass is 9.84. The van der Waals surface area contributed by atoms with Gasteiger partial charge >= 0.3 is 5.97 Å². The van der Waals surface area contributed by atoms with Crippen molar-refractivity contribution in [2.45, 2.75) is 37.5 Å². The third kappa shape index (κ3) is 4.88. The maximum atomic E-state index is 14.1. The zero-order valence-corrected chi connectivity index (χ0v) is 18.9. The first-order chi connectivity index (χ1) is 14.7. The molecule has 0 aliphatic heterocycles. The Kier molecular flexibility index (Phi) is 6.65. The van der Waals surface area contributed by atoms with E-state index in [2.05, 4.69) is 0 Å². The summed E-state index contributed by atoms with van der Waals surface area (Å²) in [5, 5.41) is 0. The average molecular weight is 437 g/mol. The van der Waals surface area contributed by atoms with Crippen LogP contribution in [0.4, 0.5) is 0 Å². The van der Waals surface area contributed by atoms with Crippen molar-refractivity contribution in [3.63, 3.8) is 0 Å². The summed E-state index contributed by atoms with van der Waals surface area (Å²) in [4.78, 5) is 12.4. The van der Waals surface area contributed by atoms with Crippen LogP contribution in [0.15, 0.2) is 91.0 Å². The highest BCUT2D eigenvalue weighted by Gasteiger charge is 2.48. The third-order valence-corrected chi connectivity index (χ3v) is 7.38. The molecule has 0 aromatic heterocycles. The van der Waals surface area contributed by atoms with Gasteiger partial charge in [-0.3, -0.25) is 4.79 Å². The van der Waals surface area contributed by atoms with Crippen LogP contribution in [0.2, 0.25) is 0 Å². The lowest BCUT2D eigenvalue weighted by Crippen LogP contribution is -2.40. The highest BCUT2D eigenvalue weighted by molar-refractivity contribution is 7.92. The number of benzene rings is 3. The lowest BCUT2D eigenvalue weighted by molar-refractivity contribution is -0.154. The molecular weight excluding hydrogens is 408 g/mol. The number of rotatable bonds is 7. The van der Waals surface area contributed by atoms with Gasteiger partial charge in [-0.25, -0.2) is 8.42 Å². The Morgan fingerprint density at radius 3 is 1.39 bits per heavy atom. The fourth-order valence-electron chi connectivity index (χ4n) is 3.82. The van der Waals surface area contributed by atoms with Crippen molar-refractivity contribution in [2.24, 2.45) is 0 Å². The first kappa shape index (κ1) is 22.8. The molecule has 3 aromatic rings. The monoisotopic (exact) mass is 436 g/mol. The van der Waals surface area contributed by atoms with Gasteiger partial charge in [0.1, 0.15) is 10.3 Å². The molecule has 0 N–H and O–H groups in total. The van der Waals surface area contributed by atoms with E-state index in [9.17, 15) is 13.2 Å². The fraction of sp³-hybridized carbons (Fsp3) is 0.269. The van der Waals surface area contributed by atoms with Crippen LogP contribution in [-0.2, 0) is 24.1 Å². The second-order valence-corrected chi connectivity index (χ2v) is 10.7. The van der Waals surface area contributed by atoms with Crippen molar-refractivity contribution >= 4 is 15.8 Å². The first-order valence-corrected chi connectivity index (χ1v) is 11.9. The Bertz CT molecular complexity index is 1000. The third-order valence-electron chi connectivity index (χ3n) is 5.00. The van der Waals surface area contributed by atoms with Crippen molar-refractivity contribution in [3.8, 4) is 0 Å². The van der Waals surface area contributed by atoms with Gasteiger partial charge in [0.05, 0.1) is 12.2 Å². The summed E-state index contributed by atoms with van der Waals surface area (Å²) >= 11 is 0. The zero-order chi connectivity index (χ0) is 22.5. The Morgan fingerprint density at radius 2 is 1.06 bits per heavy atom. The van der Waals surface area contributed by atoms with Crippen LogP contribution >= 0.6 is 0 Å². The Morgan fingerprint density at radius 1 is 0.710 bits per heavy atom. The number of carbonyl (C=O) groups excluding carboxylic acids is 1. The summed E-state index contributed by atoms with van der Waals surface area (Å²) in [6.07, 6.45) is -0.214. The van der Waals surface area contributed by atoms with Crippen molar-refractivity contribution in [3.05, 3.63) is 108 Å². The van der Waals surface area contributed by atoms with Crippen molar-refractivity contribution in [1.82, 2.24) is 0 Å². The Hall–Kier alpha value is -2.92. The molecular formula is C26H28O4S. The van der Waals surface area contributed by atoms with Crippen molar-refractivity contribution < 1.29 is 17.9 Å². The molecule has 0 radical (unpaired) electrons. The van der Waals surface area contributed by atoms with Gasteiger partial charge in [0.2, 0.25) is 0 Å². The summed E-state index contributed by atoms with van der Waals surface area (Å²) in [7, 11) is -3.89. The zero-order valence-electron chi connectivity index (χ0n) is 18.1.